The van der Waals surface area contributed by atoms with Crippen LogP contribution in [0.15, 0.2) is 48.9 Å². The number of halogens is 1. The van der Waals surface area contributed by atoms with Gasteiger partial charge in [0.05, 0.1) is 11.1 Å². The van der Waals surface area contributed by atoms with E-state index in [1.807, 2.05) is 30.3 Å². The Morgan fingerprint density at radius 1 is 1.14 bits per heavy atom. The molecule has 21 heavy (non-hydrogen) atoms. The first-order valence-electron chi connectivity index (χ1n) is 5.92. The van der Waals surface area contributed by atoms with Crippen LogP contribution in [0.25, 0.3) is 16.9 Å². The smallest absolute Gasteiger partial charge is 0.258 e. The summed E-state index contributed by atoms with van der Waals surface area (Å²) < 4.78 is 1.31. The van der Waals surface area contributed by atoms with E-state index in [1.165, 1.54) is 4.68 Å². The lowest BCUT2D eigenvalue weighted by Gasteiger charge is -2.01. The zero-order valence-electron chi connectivity index (χ0n) is 10.5. The highest BCUT2D eigenvalue weighted by molar-refractivity contribution is 6.28. The predicted molar refractivity (Wildman–Crippen MR) is 76.3 cm³/mol. The van der Waals surface area contributed by atoms with Crippen molar-refractivity contribution in [2.75, 3.05) is 0 Å². The van der Waals surface area contributed by atoms with E-state index in [1.54, 1.807) is 12.4 Å². The average Bonchev–Trinajstić information content (AvgIpc) is 2.97. The Hall–Kier alpha value is -2.80. The molecular formula is C13H8ClN5O2. The maximum absolute atomic E-state index is 11.0. The first-order valence-corrected chi connectivity index (χ1v) is 6.30. The standard InChI is InChI=1S/C13H8ClN5O2/c14-13-15-7-11(19(20)21)12(17-13)18-8-10(6-16-18)9-4-2-1-3-5-9/h1-8H. The molecule has 0 aliphatic heterocycles. The summed E-state index contributed by atoms with van der Waals surface area (Å²) in [5, 5.41) is 15.1. The predicted octanol–water partition coefficient (Wildman–Crippen LogP) is 2.89. The molecule has 0 amide bonds. The molecule has 0 atom stereocenters. The van der Waals surface area contributed by atoms with Crippen molar-refractivity contribution >= 4 is 17.3 Å². The molecule has 104 valence electrons. The van der Waals surface area contributed by atoms with Gasteiger partial charge < -0.3 is 0 Å². The quantitative estimate of drug-likeness (QED) is 0.422. The van der Waals surface area contributed by atoms with Gasteiger partial charge in [-0.3, -0.25) is 10.1 Å². The summed E-state index contributed by atoms with van der Waals surface area (Å²) in [6, 6.07) is 9.54. The second-order valence-electron chi connectivity index (χ2n) is 4.14. The Labute approximate surface area is 124 Å². The minimum Gasteiger partial charge on any atom is -0.258 e. The Morgan fingerprint density at radius 3 is 2.62 bits per heavy atom. The van der Waals surface area contributed by atoms with Gasteiger partial charge in [0.1, 0.15) is 6.20 Å². The number of nitro groups is 1. The van der Waals surface area contributed by atoms with Crippen molar-refractivity contribution < 1.29 is 4.92 Å². The molecule has 1 aromatic carbocycles. The van der Waals surface area contributed by atoms with Crippen LogP contribution in [-0.2, 0) is 0 Å². The van der Waals surface area contributed by atoms with Gasteiger partial charge in [0, 0.05) is 11.8 Å². The van der Waals surface area contributed by atoms with Crippen LogP contribution in [0.2, 0.25) is 5.28 Å². The molecule has 0 unspecified atom stereocenters. The molecule has 8 heteroatoms. The van der Waals surface area contributed by atoms with Crippen molar-refractivity contribution in [3.63, 3.8) is 0 Å². The maximum Gasteiger partial charge on any atom is 0.331 e. The number of hydrogen-bond acceptors (Lipinski definition) is 5. The third-order valence-electron chi connectivity index (χ3n) is 2.82. The van der Waals surface area contributed by atoms with Crippen LogP contribution >= 0.6 is 11.6 Å². The van der Waals surface area contributed by atoms with E-state index in [9.17, 15) is 10.1 Å². The summed E-state index contributed by atoms with van der Waals surface area (Å²) in [4.78, 5) is 18.0. The molecule has 3 aromatic rings. The molecule has 0 radical (unpaired) electrons. The molecule has 0 saturated heterocycles. The zero-order chi connectivity index (χ0) is 14.8. The highest BCUT2D eigenvalue weighted by Gasteiger charge is 2.19. The fraction of sp³-hybridized carbons (Fsp3) is 0. The monoisotopic (exact) mass is 301 g/mol. The first kappa shape index (κ1) is 13.2. The van der Waals surface area contributed by atoms with Crippen molar-refractivity contribution in [1.82, 2.24) is 19.7 Å². The fourth-order valence-electron chi connectivity index (χ4n) is 1.86. The van der Waals surface area contributed by atoms with Gasteiger partial charge >= 0.3 is 5.69 Å². The van der Waals surface area contributed by atoms with Crippen LogP contribution in [-0.4, -0.2) is 24.7 Å². The third kappa shape index (κ3) is 2.59. The van der Waals surface area contributed by atoms with Gasteiger partial charge in [-0.2, -0.15) is 10.1 Å². The molecule has 0 saturated carbocycles. The van der Waals surface area contributed by atoms with E-state index in [0.717, 1.165) is 17.3 Å². The minimum atomic E-state index is -0.574. The Bertz CT molecular complexity index is 803. The topological polar surface area (TPSA) is 86.7 Å². The van der Waals surface area contributed by atoms with Crippen molar-refractivity contribution in [3.8, 4) is 16.9 Å². The van der Waals surface area contributed by atoms with E-state index in [4.69, 9.17) is 11.6 Å². The second-order valence-corrected chi connectivity index (χ2v) is 4.48. The summed E-state index contributed by atoms with van der Waals surface area (Å²) >= 11 is 5.71. The lowest BCUT2D eigenvalue weighted by atomic mass is 10.1. The second kappa shape index (κ2) is 5.29. The van der Waals surface area contributed by atoms with Crippen LogP contribution in [0.3, 0.4) is 0 Å². The van der Waals surface area contributed by atoms with Crippen molar-refractivity contribution in [2.45, 2.75) is 0 Å². The third-order valence-corrected chi connectivity index (χ3v) is 3.01. The molecule has 0 fully saturated rings. The maximum atomic E-state index is 11.0. The summed E-state index contributed by atoms with van der Waals surface area (Å²) in [7, 11) is 0. The van der Waals surface area contributed by atoms with E-state index in [0.29, 0.717) is 0 Å². The van der Waals surface area contributed by atoms with Gasteiger partial charge in [0.25, 0.3) is 0 Å². The molecule has 3 rings (SSSR count). The lowest BCUT2D eigenvalue weighted by Crippen LogP contribution is -2.04. The molecule has 0 aliphatic carbocycles. The lowest BCUT2D eigenvalue weighted by molar-refractivity contribution is -0.385. The van der Waals surface area contributed by atoms with Crippen LogP contribution in [0.1, 0.15) is 0 Å². The molecule has 0 bridgehead atoms. The zero-order valence-corrected chi connectivity index (χ0v) is 11.3. The van der Waals surface area contributed by atoms with E-state index >= 15 is 0 Å². The molecule has 7 nitrogen and oxygen atoms in total. The van der Waals surface area contributed by atoms with Crippen LogP contribution in [0.4, 0.5) is 5.69 Å². The Balaban J connectivity index is 2.08. The number of benzene rings is 1. The number of nitrogens with zero attached hydrogens (tertiary/aromatic N) is 5. The molecule has 2 heterocycles. The summed E-state index contributed by atoms with van der Waals surface area (Å²) in [6.45, 7) is 0. The summed E-state index contributed by atoms with van der Waals surface area (Å²) in [5.74, 6) is 0.0298. The fourth-order valence-corrected chi connectivity index (χ4v) is 1.99. The molecule has 0 spiro atoms. The van der Waals surface area contributed by atoms with E-state index in [-0.39, 0.29) is 16.8 Å². The number of hydrogen-bond donors (Lipinski definition) is 0. The van der Waals surface area contributed by atoms with Crippen molar-refractivity contribution in [2.24, 2.45) is 0 Å². The summed E-state index contributed by atoms with van der Waals surface area (Å²) in [5.41, 5.74) is 1.51. The normalized spacial score (nSPS) is 10.5. The van der Waals surface area contributed by atoms with Gasteiger partial charge in [-0.05, 0) is 17.2 Å². The van der Waals surface area contributed by atoms with Crippen molar-refractivity contribution in [3.05, 3.63) is 64.3 Å². The molecule has 0 N–H and O–H groups in total. The number of rotatable bonds is 3. The van der Waals surface area contributed by atoms with Crippen LogP contribution in [0, 0.1) is 10.1 Å². The highest BCUT2D eigenvalue weighted by Crippen LogP contribution is 2.24. The average molecular weight is 302 g/mol. The number of aromatic nitrogens is 4. The van der Waals surface area contributed by atoms with Gasteiger partial charge in [0.2, 0.25) is 11.1 Å². The van der Waals surface area contributed by atoms with Gasteiger partial charge in [-0.25, -0.2) is 9.67 Å². The first-order chi connectivity index (χ1) is 10.1. The highest BCUT2D eigenvalue weighted by atomic mass is 35.5. The van der Waals surface area contributed by atoms with Crippen LogP contribution in [0.5, 0.6) is 0 Å². The minimum absolute atomic E-state index is 0.0298. The SMILES string of the molecule is O=[N+]([O-])c1cnc(Cl)nc1-n1cc(-c2ccccc2)cn1. The van der Waals surface area contributed by atoms with Crippen LogP contribution < -0.4 is 0 Å². The van der Waals surface area contributed by atoms with Gasteiger partial charge in [-0.15, -0.1) is 0 Å². The van der Waals surface area contributed by atoms with Gasteiger partial charge in [0.15, 0.2) is 0 Å². The summed E-state index contributed by atoms with van der Waals surface area (Å²) in [6.07, 6.45) is 4.32. The molecule has 2 aromatic heterocycles. The van der Waals surface area contributed by atoms with E-state index in [2.05, 4.69) is 15.1 Å². The largest absolute Gasteiger partial charge is 0.331 e. The van der Waals surface area contributed by atoms with Crippen molar-refractivity contribution in [1.29, 1.82) is 0 Å². The molecule has 0 aliphatic rings. The van der Waals surface area contributed by atoms with Gasteiger partial charge in [-0.1, -0.05) is 30.3 Å². The Kier molecular flexibility index (Phi) is 3.33. The Morgan fingerprint density at radius 2 is 1.90 bits per heavy atom. The van der Waals surface area contributed by atoms with E-state index < -0.39 is 4.92 Å². The molecular weight excluding hydrogens is 294 g/mol.